The third-order valence-corrected chi connectivity index (χ3v) is 2.69. The lowest BCUT2D eigenvalue weighted by Gasteiger charge is -2.19. The second-order valence-corrected chi connectivity index (χ2v) is 3.44. The van der Waals surface area contributed by atoms with Gasteiger partial charge in [-0.3, -0.25) is 9.59 Å². The first kappa shape index (κ1) is 6.83. The lowest BCUT2D eigenvalue weighted by molar-refractivity contribution is -0.123. The van der Waals surface area contributed by atoms with Gasteiger partial charge in [0.05, 0.1) is 12.0 Å². The van der Waals surface area contributed by atoms with Crippen molar-refractivity contribution in [3.8, 4) is 0 Å². The molecule has 1 N–H and O–H groups in total. The predicted octanol–water partition coefficient (Wildman–Crippen LogP) is 0.388. The van der Waals surface area contributed by atoms with E-state index < -0.39 is 5.54 Å². The number of carbonyl (C=O) groups is 2. The normalized spacial score (nSPS) is 28.0. The highest BCUT2D eigenvalue weighted by molar-refractivity contribution is 6.10. The minimum Gasteiger partial charge on any atom is -0.343 e. The van der Waals surface area contributed by atoms with E-state index in [1.54, 1.807) is 0 Å². The molecule has 1 amide bonds. The van der Waals surface area contributed by atoms with Crippen molar-refractivity contribution in [3.05, 3.63) is 0 Å². The molecule has 1 aliphatic heterocycles. The highest BCUT2D eigenvalue weighted by Crippen LogP contribution is 2.34. The van der Waals surface area contributed by atoms with Crippen LogP contribution in [0, 0.1) is 0 Å². The molecule has 1 aliphatic carbocycles. The summed E-state index contributed by atoms with van der Waals surface area (Å²) in [5, 5.41) is 2.79. The van der Waals surface area contributed by atoms with Crippen LogP contribution in [-0.2, 0) is 9.59 Å². The summed E-state index contributed by atoms with van der Waals surface area (Å²) in [6, 6.07) is 0. The van der Waals surface area contributed by atoms with Crippen LogP contribution in [0.25, 0.3) is 0 Å². The lowest BCUT2D eigenvalue weighted by atomic mass is 9.95. The minimum absolute atomic E-state index is 0.0862. The molecule has 3 heteroatoms. The summed E-state index contributed by atoms with van der Waals surface area (Å²) in [7, 11) is 0. The van der Waals surface area contributed by atoms with Gasteiger partial charge in [0, 0.05) is 0 Å². The molecule has 2 fully saturated rings. The molecule has 11 heavy (non-hydrogen) atoms. The minimum atomic E-state index is -0.420. The fourth-order valence-electron chi connectivity index (χ4n) is 2.08. The number of Topliss-reactive ketones (excluding diaryl/α,β-unsaturated/α-hetero) is 1. The molecule has 0 aromatic heterocycles. The molecule has 1 heterocycles. The molecule has 2 aliphatic rings. The summed E-state index contributed by atoms with van der Waals surface area (Å²) in [6.45, 7) is 0. The second-order valence-electron chi connectivity index (χ2n) is 3.44. The number of amides is 1. The number of hydrogen-bond acceptors (Lipinski definition) is 2. The summed E-state index contributed by atoms with van der Waals surface area (Å²) in [5.74, 6) is 0.0249. The Labute approximate surface area is 65.2 Å². The summed E-state index contributed by atoms with van der Waals surface area (Å²) in [4.78, 5) is 22.2. The third-order valence-electron chi connectivity index (χ3n) is 2.69. The number of nitrogens with one attached hydrogen (secondary N) is 1. The van der Waals surface area contributed by atoms with Gasteiger partial charge in [0.2, 0.25) is 5.91 Å². The molecular formula is C8H11NO2. The van der Waals surface area contributed by atoms with Crippen LogP contribution < -0.4 is 5.32 Å². The van der Waals surface area contributed by atoms with Crippen molar-refractivity contribution in [3.63, 3.8) is 0 Å². The maximum absolute atomic E-state index is 11.3. The van der Waals surface area contributed by atoms with Crippen LogP contribution in [0.2, 0.25) is 0 Å². The Hall–Kier alpha value is -0.860. The van der Waals surface area contributed by atoms with Crippen molar-refractivity contribution in [1.29, 1.82) is 0 Å². The Morgan fingerprint density at radius 3 is 2.27 bits per heavy atom. The molecule has 0 aromatic rings. The van der Waals surface area contributed by atoms with Crippen LogP contribution in [0.1, 0.15) is 32.1 Å². The van der Waals surface area contributed by atoms with E-state index in [0.29, 0.717) is 0 Å². The van der Waals surface area contributed by atoms with E-state index in [9.17, 15) is 9.59 Å². The number of carbonyl (C=O) groups excluding carboxylic acids is 2. The van der Waals surface area contributed by atoms with Crippen molar-refractivity contribution >= 4 is 11.7 Å². The summed E-state index contributed by atoms with van der Waals surface area (Å²) < 4.78 is 0. The van der Waals surface area contributed by atoms with Gasteiger partial charge in [0.25, 0.3) is 0 Å². The Balaban J connectivity index is 2.24. The first-order chi connectivity index (χ1) is 5.23. The van der Waals surface area contributed by atoms with Gasteiger partial charge in [-0.25, -0.2) is 0 Å². The van der Waals surface area contributed by atoms with E-state index in [1.807, 2.05) is 0 Å². The molecule has 1 saturated heterocycles. The van der Waals surface area contributed by atoms with E-state index in [0.717, 1.165) is 25.7 Å². The number of ketones is 1. The molecule has 60 valence electrons. The smallest absolute Gasteiger partial charge is 0.228 e. The molecule has 1 saturated carbocycles. The SMILES string of the molecule is O=C1CC(=O)C2(CCCC2)N1. The van der Waals surface area contributed by atoms with Crippen LogP contribution in [0.5, 0.6) is 0 Å². The van der Waals surface area contributed by atoms with Crippen LogP contribution in [-0.4, -0.2) is 17.2 Å². The van der Waals surface area contributed by atoms with E-state index in [2.05, 4.69) is 5.32 Å². The van der Waals surface area contributed by atoms with Crippen molar-refractivity contribution in [2.45, 2.75) is 37.6 Å². The molecule has 1 spiro atoms. The first-order valence-corrected chi connectivity index (χ1v) is 4.07. The Bertz CT molecular complexity index is 216. The molecule has 0 aromatic carbocycles. The van der Waals surface area contributed by atoms with Gasteiger partial charge < -0.3 is 5.32 Å². The summed E-state index contributed by atoms with van der Waals surface area (Å²) in [5.41, 5.74) is -0.420. The second kappa shape index (κ2) is 2.06. The standard InChI is InChI=1S/C8H11NO2/c10-6-5-7(11)9-8(6)3-1-2-4-8/h1-5H2,(H,9,11). The van der Waals surface area contributed by atoms with Crippen molar-refractivity contribution in [2.24, 2.45) is 0 Å². The monoisotopic (exact) mass is 153 g/mol. The molecule has 0 radical (unpaired) electrons. The maximum Gasteiger partial charge on any atom is 0.228 e. The Kier molecular flexibility index (Phi) is 1.28. The molecule has 0 unspecified atom stereocenters. The quantitative estimate of drug-likeness (QED) is 0.512. The van der Waals surface area contributed by atoms with Gasteiger partial charge in [-0.1, -0.05) is 12.8 Å². The molecule has 3 nitrogen and oxygen atoms in total. The van der Waals surface area contributed by atoms with E-state index in [4.69, 9.17) is 0 Å². The molecule has 2 rings (SSSR count). The van der Waals surface area contributed by atoms with Crippen LogP contribution in [0.3, 0.4) is 0 Å². The van der Waals surface area contributed by atoms with E-state index >= 15 is 0 Å². The van der Waals surface area contributed by atoms with Gasteiger partial charge in [0.1, 0.15) is 0 Å². The molecular weight excluding hydrogens is 142 g/mol. The van der Waals surface area contributed by atoms with Gasteiger partial charge in [0.15, 0.2) is 5.78 Å². The van der Waals surface area contributed by atoms with Crippen LogP contribution in [0.4, 0.5) is 0 Å². The van der Waals surface area contributed by atoms with Gasteiger partial charge >= 0.3 is 0 Å². The third kappa shape index (κ3) is 0.870. The van der Waals surface area contributed by atoms with Gasteiger partial charge in [-0.05, 0) is 12.8 Å². The zero-order valence-corrected chi connectivity index (χ0v) is 6.35. The highest BCUT2D eigenvalue weighted by atomic mass is 16.2. The first-order valence-electron chi connectivity index (χ1n) is 4.07. The fraction of sp³-hybridized carbons (Fsp3) is 0.750. The predicted molar refractivity (Wildman–Crippen MR) is 39.0 cm³/mol. The summed E-state index contributed by atoms with van der Waals surface area (Å²) >= 11 is 0. The molecule has 0 bridgehead atoms. The molecule has 0 atom stereocenters. The van der Waals surface area contributed by atoms with Crippen LogP contribution >= 0.6 is 0 Å². The van der Waals surface area contributed by atoms with Crippen LogP contribution in [0.15, 0.2) is 0 Å². The van der Waals surface area contributed by atoms with Gasteiger partial charge in [-0.15, -0.1) is 0 Å². The Morgan fingerprint density at radius 2 is 1.82 bits per heavy atom. The maximum atomic E-state index is 11.3. The zero-order valence-electron chi connectivity index (χ0n) is 6.35. The van der Waals surface area contributed by atoms with Crippen molar-refractivity contribution in [2.75, 3.05) is 0 Å². The fourth-order valence-corrected chi connectivity index (χ4v) is 2.08. The average Bonchev–Trinajstić information content (AvgIpc) is 2.45. The van der Waals surface area contributed by atoms with E-state index in [1.165, 1.54) is 0 Å². The zero-order chi connectivity index (χ0) is 7.90. The number of rotatable bonds is 0. The highest BCUT2D eigenvalue weighted by Gasteiger charge is 2.47. The largest absolute Gasteiger partial charge is 0.343 e. The Morgan fingerprint density at radius 1 is 1.18 bits per heavy atom. The van der Waals surface area contributed by atoms with Crippen molar-refractivity contribution in [1.82, 2.24) is 5.32 Å². The summed E-state index contributed by atoms with van der Waals surface area (Å²) in [6.07, 6.45) is 3.98. The van der Waals surface area contributed by atoms with Crippen molar-refractivity contribution < 1.29 is 9.59 Å². The van der Waals surface area contributed by atoms with E-state index in [-0.39, 0.29) is 18.1 Å². The van der Waals surface area contributed by atoms with Gasteiger partial charge in [-0.2, -0.15) is 0 Å². The number of hydrogen-bond donors (Lipinski definition) is 1. The lowest BCUT2D eigenvalue weighted by Crippen LogP contribution is -2.43. The average molecular weight is 153 g/mol. The topological polar surface area (TPSA) is 46.2 Å².